The summed E-state index contributed by atoms with van der Waals surface area (Å²) in [5.74, 6) is 0.997. The summed E-state index contributed by atoms with van der Waals surface area (Å²) in [6.45, 7) is 1.59. The first kappa shape index (κ1) is 16.8. The molecule has 1 heterocycles. The number of hydrogen-bond donors (Lipinski definition) is 1. The molecular weight excluding hydrogens is 322 g/mol. The normalized spacial score (nSPS) is 15.5. The molecule has 0 aliphatic carbocycles. The Hall–Kier alpha value is -2.00. The number of nitrogens with zero attached hydrogens (tertiary/aromatic N) is 1. The SMILES string of the molecule is O=C(c1ccccc1Cl)N1CCC(CCc2ccc(O)cc2)CC1. The number of amides is 1. The number of halogens is 1. The summed E-state index contributed by atoms with van der Waals surface area (Å²) in [5, 5.41) is 9.85. The molecule has 0 aromatic heterocycles. The van der Waals surface area contributed by atoms with E-state index in [-0.39, 0.29) is 5.91 Å². The van der Waals surface area contributed by atoms with Crippen LogP contribution in [0, 0.1) is 5.92 Å². The number of rotatable bonds is 4. The number of phenolic OH excluding ortho intramolecular Hbond substituents is 1. The van der Waals surface area contributed by atoms with Crippen LogP contribution in [0.25, 0.3) is 0 Å². The van der Waals surface area contributed by atoms with Gasteiger partial charge in [0.25, 0.3) is 5.91 Å². The van der Waals surface area contributed by atoms with Crippen molar-refractivity contribution in [3.05, 3.63) is 64.7 Å². The molecule has 24 heavy (non-hydrogen) atoms. The molecule has 126 valence electrons. The smallest absolute Gasteiger partial charge is 0.255 e. The third kappa shape index (κ3) is 4.09. The van der Waals surface area contributed by atoms with Crippen molar-refractivity contribution in [2.75, 3.05) is 13.1 Å². The number of phenols is 1. The minimum atomic E-state index is 0.0394. The number of likely N-dealkylation sites (tertiary alicyclic amines) is 1. The molecule has 2 aromatic rings. The maximum absolute atomic E-state index is 12.6. The summed E-state index contributed by atoms with van der Waals surface area (Å²) in [5.41, 5.74) is 1.85. The number of carbonyl (C=O) groups is 1. The van der Waals surface area contributed by atoms with Crippen molar-refractivity contribution in [1.29, 1.82) is 0 Å². The van der Waals surface area contributed by atoms with Gasteiger partial charge in [-0.15, -0.1) is 0 Å². The second-order valence-corrected chi connectivity index (χ2v) is 6.83. The fourth-order valence-electron chi connectivity index (χ4n) is 3.26. The molecule has 3 nitrogen and oxygen atoms in total. The van der Waals surface area contributed by atoms with Crippen LogP contribution in [-0.2, 0) is 6.42 Å². The molecule has 0 atom stereocenters. The Morgan fingerprint density at radius 1 is 1.08 bits per heavy atom. The molecule has 0 spiro atoms. The number of piperidine rings is 1. The Bertz CT molecular complexity index is 691. The van der Waals surface area contributed by atoms with Gasteiger partial charge in [-0.05, 0) is 61.4 Å². The zero-order valence-corrected chi connectivity index (χ0v) is 14.4. The van der Waals surface area contributed by atoms with E-state index in [4.69, 9.17) is 11.6 Å². The van der Waals surface area contributed by atoms with E-state index in [1.54, 1.807) is 24.3 Å². The molecule has 1 aliphatic heterocycles. The summed E-state index contributed by atoms with van der Waals surface area (Å²) in [6.07, 6.45) is 4.21. The monoisotopic (exact) mass is 343 g/mol. The maximum atomic E-state index is 12.6. The Labute approximate surface area is 147 Å². The largest absolute Gasteiger partial charge is 0.508 e. The van der Waals surface area contributed by atoms with Crippen molar-refractivity contribution >= 4 is 17.5 Å². The van der Waals surface area contributed by atoms with Crippen LogP contribution in [-0.4, -0.2) is 29.0 Å². The Morgan fingerprint density at radius 2 is 1.75 bits per heavy atom. The number of hydrogen-bond acceptors (Lipinski definition) is 2. The molecular formula is C20H22ClNO2. The minimum Gasteiger partial charge on any atom is -0.508 e. The fraction of sp³-hybridized carbons (Fsp3) is 0.350. The standard InChI is InChI=1S/C20H22ClNO2/c21-19-4-2-1-3-18(19)20(24)22-13-11-16(12-14-22)6-5-15-7-9-17(23)10-8-15/h1-4,7-10,16,23H,5-6,11-14H2. The Morgan fingerprint density at radius 3 is 2.42 bits per heavy atom. The van der Waals surface area contributed by atoms with E-state index in [0.29, 0.717) is 22.3 Å². The van der Waals surface area contributed by atoms with Crippen LogP contribution in [0.1, 0.15) is 35.2 Å². The quantitative estimate of drug-likeness (QED) is 0.886. The van der Waals surface area contributed by atoms with Crippen molar-refractivity contribution in [2.24, 2.45) is 5.92 Å². The lowest BCUT2D eigenvalue weighted by atomic mass is 9.90. The molecule has 0 saturated carbocycles. The van der Waals surface area contributed by atoms with Crippen molar-refractivity contribution < 1.29 is 9.90 Å². The highest BCUT2D eigenvalue weighted by molar-refractivity contribution is 6.33. The van der Waals surface area contributed by atoms with Crippen molar-refractivity contribution in [3.8, 4) is 5.75 Å². The topological polar surface area (TPSA) is 40.5 Å². The third-order valence-electron chi connectivity index (χ3n) is 4.78. The maximum Gasteiger partial charge on any atom is 0.255 e. The molecule has 0 unspecified atom stereocenters. The molecule has 2 aromatic carbocycles. The van der Waals surface area contributed by atoms with E-state index in [0.717, 1.165) is 38.8 Å². The highest BCUT2D eigenvalue weighted by Gasteiger charge is 2.24. The average Bonchev–Trinajstić information content (AvgIpc) is 2.61. The van der Waals surface area contributed by atoms with Gasteiger partial charge in [0.05, 0.1) is 10.6 Å². The Kier molecular flexibility index (Phi) is 5.41. The van der Waals surface area contributed by atoms with E-state index >= 15 is 0 Å². The van der Waals surface area contributed by atoms with Gasteiger partial charge in [0, 0.05) is 13.1 Å². The molecule has 3 rings (SSSR count). The lowest BCUT2D eigenvalue weighted by molar-refractivity contribution is 0.0687. The second kappa shape index (κ2) is 7.71. The Balaban J connectivity index is 1.49. The van der Waals surface area contributed by atoms with E-state index < -0.39 is 0 Å². The molecule has 1 saturated heterocycles. The highest BCUT2D eigenvalue weighted by Crippen LogP contribution is 2.25. The zero-order valence-electron chi connectivity index (χ0n) is 13.6. The summed E-state index contributed by atoms with van der Waals surface area (Å²) >= 11 is 6.13. The van der Waals surface area contributed by atoms with Crippen LogP contribution < -0.4 is 0 Å². The van der Waals surface area contributed by atoms with Gasteiger partial charge in [0.2, 0.25) is 0 Å². The van der Waals surface area contributed by atoms with Gasteiger partial charge in [-0.3, -0.25) is 4.79 Å². The van der Waals surface area contributed by atoms with Crippen LogP contribution in [0.15, 0.2) is 48.5 Å². The first-order valence-electron chi connectivity index (χ1n) is 8.45. The van der Waals surface area contributed by atoms with Gasteiger partial charge in [0.15, 0.2) is 0 Å². The predicted molar refractivity (Wildman–Crippen MR) is 96.5 cm³/mol. The molecule has 1 aliphatic rings. The van der Waals surface area contributed by atoms with Gasteiger partial charge in [-0.25, -0.2) is 0 Å². The van der Waals surface area contributed by atoms with Crippen molar-refractivity contribution in [1.82, 2.24) is 4.90 Å². The molecule has 4 heteroatoms. The third-order valence-corrected chi connectivity index (χ3v) is 5.11. The van der Waals surface area contributed by atoms with Gasteiger partial charge >= 0.3 is 0 Å². The minimum absolute atomic E-state index is 0.0394. The summed E-state index contributed by atoms with van der Waals surface area (Å²) in [7, 11) is 0. The predicted octanol–water partition coefficient (Wildman–Crippen LogP) is 4.53. The molecule has 0 radical (unpaired) electrons. The molecule has 1 N–H and O–H groups in total. The zero-order chi connectivity index (χ0) is 16.9. The van der Waals surface area contributed by atoms with E-state index in [2.05, 4.69) is 0 Å². The number of carbonyl (C=O) groups excluding carboxylic acids is 1. The summed E-state index contributed by atoms with van der Waals surface area (Å²) in [4.78, 5) is 14.5. The first-order chi connectivity index (χ1) is 11.6. The van der Waals surface area contributed by atoms with E-state index in [9.17, 15) is 9.90 Å². The summed E-state index contributed by atoms with van der Waals surface area (Å²) in [6, 6.07) is 14.7. The molecule has 1 amide bonds. The number of aryl methyl sites for hydroxylation is 1. The van der Waals surface area contributed by atoms with Gasteiger partial charge in [0.1, 0.15) is 5.75 Å². The van der Waals surface area contributed by atoms with Crippen molar-refractivity contribution in [3.63, 3.8) is 0 Å². The van der Waals surface area contributed by atoms with Gasteiger partial charge in [-0.2, -0.15) is 0 Å². The van der Waals surface area contributed by atoms with Crippen molar-refractivity contribution in [2.45, 2.75) is 25.7 Å². The molecule has 1 fully saturated rings. The highest BCUT2D eigenvalue weighted by atomic mass is 35.5. The summed E-state index contributed by atoms with van der Waals surface area (Å²) < 4.78 is 0. The second-order valence-electron chi connectivity index (χ2n) is 6.42. The lowest BCUT2D eigenvalue weighted by Crippen LogP contribution is -2.38. The van der Waals surface area contributed by atoms with Crippen LogP contribution in [0.5, 0.6) is 5.75 Å². The van der Waals surface area contributed by atoms with Crippen LogP contribution in [0.2, 0.25) is 5.02 Å². The first-order valence-corrected chi connectivity index (χ1v) is 8.83. The van der Waals surface area contributed by atoms with Gasteiger partial charge in [-0.1, -0.05) is 35.9 Å². The fourth-order valence-corrected chi connectivity index (χ4v) is 3.48. The van der Waals surface area contributed by atoms with Crippen LogP contribution in [0.4, 0.5) is 0 Å². The number of aromatic hydroxyl groups is 1. The van der Waals surface area contributed by atoms with Gasteiger partial charge < -0.3 is 10.0 Å². The van der Waals surface area contributed by atoms with E-state index in [1.165, 1.54) is 5.56 Å². The van der Waals surface area contributed by atoms with Crippen LogP contribution in [0.3, 0.4) is 0 Å². The van der Waals surface area contributed by atoms with E-state index in [1.807, 2.05) is 29.2 Å². The van der Waals surface area contributed by atoms with Crippen LogP contribution >= 0.6 is 11.6 Å². The molecule has 0 bridgehead atoms. The lowest BCUT2D eigenvalue weighted by Gasteiger charge is -2.32. The number of benzene rings is 2. The average molecular weight is 344 g/mol.